The van der Waals surface area contributed by atoms with Crippen molar-refractivity contribution >= 4 is 33.3 Å². The Bertz CT molecular complexity index is 1350. The molecule has 0 unspecified atom stereocenters. The fourth-order valence-electron chi connectivity index (χ4n) is 3.69. The highest BCUT2D eigenvalue weighted by Gasteiger charge is 2.19. The molecule has 1 amide bonds. The molecule has 38 heavy (non-hydrogen) atoms. The summed E-state index contributed by atoms with van der Waals surface area (Å²) < 4.78 is 31.1. The zero-order valence-electron chi connectivity index (χ0n) is 21.0. The monoisotopic (exact) mass is 558 g/mol. The number of esters is 1. The number of nitrogens with one attached hydrogen (secondary N) is 2. The molecule has 202 valence electrons. The summed E-state index contributed by atoms with van der Waals surface area (Å²) in [6, 6.07) is 19.4. The Kier molecular flexibility index (Phi) is 10.8. The van der Waals surface area contributed by atoms with Gasteiger partial charge in [0.25, 0.3) is 5.91 Å². The van der Waals surface area contributed by atoms with Crippen molar-refractivity contribution in [2.75, 3.05) is 26.2 Å². The first-order chi connectivity index (χ1) is 18.2. The van der Waals surface area contributed by atoms with E-state index in [9.17, 15) is 23.1 Å². The molecule has 0 fully saturated rings. The van der Waals surface area contributed by atoms with Crippen molar-refractivity contribution in [2.24, 2.45) is 0 Å². The van der Waals surface area contributed by atoms with E-state index in [-0.39, 0.29) is 34.9 Å². The van der Waals surface area contributed by atoms with Gasteiger partial charge in [-0.3, -0.25) is 9.59 Å². The van der Waals surface area contributed by atoms with Crippen molar-refractivity contribution in [3.63, 3.8) is 0 Å². The van der Waals surface area contributed by atoms with Gasteiger partial charge in [0.05, 0.1) is 28.9 Å². The molecule has 0 saturated heterocycles. The number of rotatable bonds is 13. The summed E-state index contributed by atoms with van der Waals surface area (Å²) >= 11 is 5.97. The minimum absolute atomic E-state index is 0.0000349. The van der Waals surface area contributed by atoms with Crippen LogP contribution in [0.1, 0.15) is 40.9 Å². The second-order valence-corrected chi connectivity index (χ2v) is 10.9. The molecule has 10 heteroatoms. The van der Waals surface area contributed by atoms with E-state index in [2.05, 4.69) is 10.6 Å². The van der Waals surface area contributed by atoms with Crippen LogP contribution in [0.15, 0.2) is 82.6 Å². The van der Waals surface area contributed by atoms with Crippen LogP contribution in [-0.4, -0.2) is 51.6 Å². The topological polar surface area (TPSA) is 122 Å². The van der Waals surface area contributed by atoms with Crippen molar-refractivity contribution in [3.05, 3.63) is 94.5 Å². The first kappa shape index (κ1) is 29.3. The number of hydrogen-bond acceptors (Lipinski definition) is 7. The lowest BCUT2D eigenvalue weighted by Crippen LogP contribution is -2.26. The summed E-state index contributed by atoms with van der Waals surface area (Å²) in [5.41, 5.74) is 1.85. The molecule has 1 atom stereocenters. The third-order valence-corrected chi connectivity index (χ3v) is 7.72. The van der Waals surface area contributed by atoms with Crippen molar-refractivity contribution in [1.29, 1.82) is 0 Å². The predicted molar refractivity (Wildman–Crippen MR) is 145 cm³/mol. The van der Waals surface area contributed by atoms with Crippen LogP contribution >= 0.6 is 11.6 Å². The highest BCUT2D eigenvalue weighted by molar-refractivity contribution is 7.91. The van der Waals surface area contributed by atoms with Gasteiger partial charge in [-0.2, -0.15) is 0 Å². The SMILES string of the molecule is CCOC(=O)CCNC(=O)c1cccc(S(=O)(=O)c2ccc(CCNC[C@H](O)c3cccc(Cl)c3)cc2)c1. The average Bonchev–Trinajstić information content (AvgIpc) is 2.91. The molecule has 0 aromatic heterocycles. The summed E-state index contributed by atoms with van der Waals surface area (Å²) in [7, 11) is -3.84. The number of hydrogen-bond donors (Lipinski definition) is 3. The fourth-order valence-corrected chi connectivity index (χ4v) is 5.20. The largest absolute Gasteiger partial charge is 0.466 e. The molecule has 0 aliphatic heterocycles. The maximum atomic E-state index is 13.1. The molecule has 3 rings (SSSR count). The van der Waals surface area contributed by atoms with E-state index in [4.69, 9.17) is 16.3 Å². The molecule has 8 nitrogen and oxygen atoms in total. The first-order valence-electron chi connectivity index (χ1n) is 12.2. The smallest absolute Gasteiger partial charge is 0.307 e. The fraction of sp³-hybridized carbons (Fsp3) is 0.286. The highest BCUT2D eigenvalue weighted by atomic mass is 35.5. The summed E-state index contributed by atoms with van der Waals surface area (Å²) in [5, 5.41) is 16.6. The Morgan fingerprint density at radius 1 is 0.974 bits per heavy atom. The lowest BCUT2D eigenvalue weighted by Gasteiger charge is -2.13. The summed E-state index contributed by atoms with van der Waals surface area (Å²) in [4.78, 5) is 24.0. The third kappa shape index (κ3) is 8.39. The van der Waals surface area contributed by atoms with Crippen LogP contribution in [0, 0.1) is 0 Å². The molecule has 0 spiro atoms. The molecule has 0 heterocycles. The number of carbonyl (C=O) groups excluding carboxylic acids is 2. The number of aliphatic hydroxyl groups is 1. The number of aliphatic hydroxyl groups excluding tert-OH is 1. The van der Waals surface area contributed by atoms with Gasteiger partial charge in [0, 0.05) is 23.7 Å². The number of benzene rings is 3. The van der Waals surface area contributed by atoms with Crippen LogP contribution in [0.4, 0.5) is 0 Å². The van der Waals surface area contributed by atoms with Gasteiger partial charge < -0.3 is 20.5 Å². The van der Waals surface area contributed by atoms with Gasteiger partial charge in [0.15, 0.2) is 0 Å². The van der Waals surface area contributed by atoms with E-state index in [0.717, 1.165) is 11.1 Å². The van der Waals surface area contributed by atoms with Crippen LogP contribution in [-0.2, 0) is 25.8 Å². The predicted octanol–water partition coefficient (Wildman–Crippen LogP) is 3.72. The maximum Gasteiger partial charge on any atom is 0.307 e. The van der Waals surface area contributed by atoms with E-state index < -0.39 is 27.8 Å². The van der Waals surface area contributed by atoms with Crippen LogP contribution in [0.3, 0.4) is 0 Å². The standard InChI is InChI=1S/C28H31ClN2O6S/c1-2-37-27(33)14-16-31-28(34)22-6-4-8-25(18-22)38(35,36)24-11-9-20(10-12-24)13-15-30-19-26(32)21-5-3-7-23(29)17-21/h3-12,17-18,26,30,32H,2,13-16,19H2,1H3,(H,31,34)/t26-/m0/s1. The van der Waals surface area contributed by atoms with Crippen LogP contribution in [0.2, 0.25) is 5.02 Å². The Balaban J connectivity index is 1.54. The van der Waals surface area contributed by atoms with Gasteiger partial charge >= 0.3 is 5.97 Å². The summed E-state index contributed by atoms with van der Waals surface area (Å²) in [5.74, 6) is -0.895. The Hall–Kier alpha value is -3.24. The first-order valence-corrected chi connectivity index (χ1v) is 14.1. The molecule has 0 aliphatic rings. The molecule has 0 saturated carbocycles. The van der Waals surface area contributed by atoms with Crippen LogP contribution in [0.5, 0.6) is 0 Å². The van der Waals surface area contributed by atoms with Gasteiger partial charge in [-0.1, -0.05) is 41.9 Å². The van der Waals surface area contributed by atoms with Gasteiger partial charge in [-0.15, -0.1) is 0 Å². The Morgan fingerprint density at radius 2 is 1.71 bits per heavy atom. The van der Waals surface area contributed by atoms with E-state index >= 15 is 0 Å². The summed E-state index contributed by atoms with van der Waals surface area (Å²) in [6.45, 7) is 3.01. The van der Waals surface area contributed by atoms with Crippen LogP contribution < -0.4 is 10.6 Å². The lowest BCUT2D eigenvalue weighted by atomic mass is 10.1. The minimum Gasteiger partial charge on any atom is -0.466 e. The normalized spacial score (nSPS) is 12.1. The van der Waals surface area contributed by atoms with E-state index in [1.807, 2.05) is 6.07 Å². The summed E-state index contributed by atoms with van der Waals surface area (Å²) in [6.07, 6.45) is -0.0111. The maximum absolute atomic E-state index is 13.1. The van der Waals surface area contributed by atoms with Crippen molar-refractivity contribution < 1.29 is 27.9 Å². The number of carbonyl (C=O) groups is 2. The molecule has 3 N–H and O–H groups in total. The Morgan fingerprint density at radius 3 is 2.42 bits per heavy atom. The lowest BCUT2D eigenvalue weighted by molar-refractivity contribution is -0.142. The molecule has 3 aromatic carbocycles. The van der Waals surface area contributed by atoms with E-state index in [1.165, 1.54) is 36.4 Å². The van der Waals surface area contributed by atoms with Crippen molar-refractivity contribution in [1.82, 2.24) is 10.6 Å². The zero-order valence-corrected chi connectivity index (χ0v) is 22.6. The van der Waals surface area contributed by atoms with Gasteiger partial charge in [-0.05, 0) is 73.5 Å². The minimum atomic E-state index is -3.84. The van der Waals surface area contributed by atoms with Crippen molar-refractivity contribution in [3.8, 4) is 0 Å². The number of amides is 1. The molecule has 0 bridgehead atoms. The van der Waals surface area contributed by atoms with Gasteiger partial charge in [-0.25, -0.2) is 8.42 Å². The molecule has 3 aromatic rings. The molecule has 0 aliphatic carbocycles. The molecule has 0 radical (unpaired) electrons. The van der Waals surface area contributed by atoms with Gasteiger partial charge in [0.2, 0.25) is 9.84 Å². The number of sulfone groups is 1. The van der Waals surface area contributed by atoms with Crippen LogP contribution in [0.25, 0.3) is 0 Å². The third-order valence-electron chi connectivity index (χ3n) is 5.72. The zero-order chi connectivity index (χ0) is 27.5. The van der Waals surface area contributed by atoms with E-state index in [1.54, 1.807) is 37.3 Å². The highest BCUT2D eigenvalue weighted by Crippen LogP contribution is 2.22. The number of halogens is 1. The molecular weight excluding hydrogens is 528 g/mol. The average molecular weight is 559 g/mol. The second-order valence-electron chi connectivity index (χ2n) is 8.51. The second kappa shape index (κ2) is 14.1. The Labute approximate surface area is 227 Å². The number of ether oxygens (including phenoxy) is 1. The molecular formula is C28H31ClN2O6S. The quantitative estimate of drug-likeness (QED) is 0.216. The van der Waals surface area contributed by atoms with E-state index in [0.29, 0.717) is 24.5 Å². The van der Waals surface area contributed by atoms with Crippen molar-refractivity contribution in [2.45, 2.75) is 35.7 Å². The van der Waals surface area contributed by atoms with Gasteiger partial charge in [0.1, 0.15) is 0 Å².